The molecule has 0 aliphatic carbocycles. The second kappa shape index (κ2) is 2.45. The maximum absolute atomic E-state index is 12.6. The number of nitrogens with two attached hydrogens (primary N) is 1. The molecule has 1 rings (SSSR count). The van der Waals surface area contributed by atoms with Crippen LogP contribution in [0.5, 0.6) is 0 Å². The summed E-state index contributed by atoms with van der Waals surface area (Å²) in [5.74, 6) is -3.24. The van der Waals surface area contributed by atoms with E-state index in [4.69, 9.17) is 5.73 Å². The molecule has 2 N–H and O–H groups in total. The molecule has 0 radical (unpaired) electrons. The number of anilines is 1. The first kappa shape index (κ1) is 7.91. The van der Waals surface area contributed by atoms with Crippen LogP contribution in [0.2, 0.25) is 0 Å². The van der Waals surface area contributed by atoms with Gasteiger partial charge in [-0.25, -0.2) is 13.2 Å². The highest BCUT2D eigenvalue weighted by molar-refractivity contribution is 5.42. The lowest BCUT2D eigenvalue weighted by Gasteiger charge is -2.01. The Kier molecular flexibility index (Phi) is 1.76. The summed E-state index contributed by atoms with van der Waals surface area (Å²) in [5.41, 5.74) is 4.08. The van der Waals surface area contributed by atoms with E-state index in [0.29, 0.717) is 0 Å². The summed E-state index contributed by atoms with van der Waals surface area (Å²) in [5, 5.41) is 0. The van der Waals surface area contributed by atoms with Crippen molar-refractivity contribution in [1.82, 2.24) is 0 Å². The zero-order valence-electron chi connectivity index (χ0n) is 5.79. The van der Waals surface area contributed by atoms with E-state index in [1.54, 1.807) is 0 Å². The molecule has 11 heavy (non-hydrogen) atoms. The summed E-state index contributed by atoms with van der Waals surface area (Å²) in [6, 6.07) is 0.758. The molecule has 0 spiro atoms. The van der Waals surface area contributed by atoms with Crippen LogP contribution < -0.4 is 5.73 Å². The number of rotatable bonds is 0. The molecule has 0 aliphatic rings. The molecule has 0 heterocycles. The fourth-order valence-electron chi connectivity index (χ4n) is 0.704. The van der Waals surface area contributed by atoms with Gasteiger partial charge in [-0.15, -0.1) is 0 Å². The van der Waals surface area contributed by atoms with Crippen LogP contribution in [0.4, 0.5) is 18.9 Å². The van der Waals surface area contributed by atoms with Crippen LogP contribution in [0.15, 0.2) is 6.07 Å². The van der Waals surface area contributed by atoms with Crippen molar-refractivity contribution >= 4 is 5.69 Å². The molecule has 0 saturated heterocycles. The molecule has 1 nitrogen and oxygen atoms in total. The number of benzene rings is 1. The minimum atomic E-state index is -1.22. The summed E-state index contributed by atoms with van der Waals surface area (Å²) in [6.07, 6.45) is 0. The lowest BCUT2D eigenvalue weighted by molar-refractivity contribution is 0.490. The molecule has 4 heteroatoms. The highest BCUT2D eigenvalue weighted by Gasteiger charge is 2.12. The van der Waals surface area contributed by atoms with Gasteiger partial charge in [-0.2, -0.15) is 0 Å². The minimum absolute atomic E-state index is 0.350. The molecule has 0 fully saturated rings. The SMILES string of the molecule is Cc1c(F)cc(N)c(F)c1F. The normalized spacial score (nSPS) is 10.2. The Labute approximate surface area is 61.6 Å². The summed E-state index contributed by atoms with van der Waals surface area (Å²) < 4.78 is 37.6. The van der Waals surface area contributed by atoms with Crippen molar-refractivity contribution < 1.29 is 13.2 Å². The Morgan fingerprint density at radius 1 is 1.18 bits per heavy atom. The maximum Gasteiger partial charge on any atom is 0.182 e. The third-order valence-corrected chi connectivity index (χ3v) is 1.42. The first-order valence-electron chi connectivity index (χ1n) is 2.93. The predicted molar refractivity (Wildman–Crippen MR) is 35.5 cm³/mol. The van der Waals surface area contributed by atoms with E-state index in [1.165, 1.54) is 0 Å². The number of halogens is 3. The number of hydrogen-bond acceptors (Lipinski definition) is 1. The number of nitrogen functional groups attached to an aromatic ring is 1. The van der Waals surface area contributed by atoms with Gasteiger partial charge in [0.05, 0.1) is 5.69 Å². The Balaban J connectivity index is 3.46. The third-order valence-electron chi connectivity index (χ3n) is 1.42. The van der Waals surface area contributed by atoms with Crippen molar-refractivity contribution in [3.63, 3.8) is 0 Å². The van der Waals surface area contributed by atoms with Gasteiger partial charge in [0.25, 0.3) is 0 Å². The second-order valence-electron chi connectivity index (χ2n) is 2.20. The van der Waals surface area contributed by atoms with E-state index in [0.717, 1.165) is 13.0 Å². The van der Waals surface area contributed by atoms with Gasteiger partial charge in [0.2, 0.25) is 0 Å². The number of hydrogen-bond donors (Lipinski definition) is 1. The van der Waals surface area contributed by atoms with Gasteiger partial charge in [0, 0.05) is 11.6 Å². The van der Waals surface area contributed by atoms with E-state index in [-0.39, 0.29) is 5.56 Å². The Hall–Kier alpha value is -1.19. The van der Waals surface area contributed by atoms with Crippen LogP contribution in [0, 0.1) is 24.4 Å². The first-order valence-corrected chi connectivity index (χ1v) is 2.93. The predicted octanol–water partition coefficient (Wildman–Crippen LogP) is 1.99. The molecule has 1 aromatic carbocycles. The third kappa shape index (κ3) is 1.15. The lowest BCUT2D eigenvalue weighted by Crippen LogP contribution is -1.99. The lowest BCUT2D eigenvalue weighted by atomic mass is 10.2. The largest absolute Gasteiger partial charge is 0.396 e. The highest BCUT2D eigenvalue weighted by atomic mass is 19.2. The van der Waals surface area contributed by atoms with E-state index in [1.807, 2.05) is 0 Å². The van der Waals surface area contributed by atoms with Gasteiger partial charge in [0.15, 0.2) is 11.6 Å². The van der Waals surface area contributed by atoms with Crippen molar-refractivity contribution in [1.29, 1.82) is 0 Å². The summed E-state index contributed by atoms with van der Waals surface area (Å²) in [4.78, 5) is 0. The molecule has 0 atom stereocenters. The molecule has 1 aromatic rings. The average Bonchev–Trinajstić information content (AvgIpc) is 1.97. The maximum atomic E-state index is 12.6. The molecular formula is C7H6F3N. The molecule has 0 aromatic heterocycles. The van der Waals surface area contributed by atoms with Gasteiger partial charge in [-0.05, 0) is 6.92 Å². The van der Waals surface area contributed by atoms with Gasteiger partial charge < -0.3 is 5.73 Å². The fourth-order valence-corrected chi connectivity index (χ4v) is 0.704. The van der Waals surface area contributed by atoms with Gasteiger partial charge in [-0.3, -0.25) is 0 Å². The van der Waals surface area contributed by atoms with Crippen molar-refractivity contribution in [3.05, 3.63) is 29.1 Å². The highest BCUT2D eigenvalue weighted by Crippen LogP contribution is 2.20. The average molecular weight is 161 g/mol. The van der Waals surface area contributed by atoms with Crippen LogP contribution >= 0.6 is 0 Å². The summed E-state index contributed by atoms with van der Waals surface area (Å²) in [6.45, 7) is 1.15. The van der Waals surface area contributed by atoms with E-state index < -0.39 is 23.1 Å². The zero-order valence-corrected chi connectivity index (χ0v) is 5.79. The second-order valence-corrected chi connectivity index (χ2v) is 2.20. The molecule has 0 bridgehead atoms. The molecule has 60 valence electrons. The van der Waals surface area contributed by atoms with Crippen LogP contribution in [0.3, 0.4) is 0 Å². The minimum Gasteiger partial charge on any atom is -0.396 e. The summed E-state index contributed by atoms with van der Waals surface area (Å²) >= 11 is 0. The topological polar surface area (TPSA) is 26.0 Å². The van der Waals surface area contributed by atoms with E-state index in [2.05, 4.69) is 0 Å². The first-order chi connectivity index (χ1) is 5.04. The molecule has 0 amide bonds. The van der Waals surface area contributed by atoms with Crippen LogP contribution in [-0.2, 0) is 0 Å². The van der Waals surface area contributed by atoms with E-state index in [9.17, 15) is 13.2 Å². The van der Waals surface area contributed by atoms with Crippen molar-refractivity contribution in [3.8, 4) is 0 Å². The fraction of sp³-hybridized carbons (Fsp3) is 0.143. The van der Waals surface area contributed by atoms with Gasteiger partial charge >= 0.3 is 0 Å². The van der Waals surface area contributed by atoms with Crippen molar-refractivity contribution in [2.45, 2.75) is 6.92 Å². The van der Waals surface area contributed by atoms with Crippen LogP contribution in [0.25, 0.3) is 0 Å². The molecule has 0 aliphatic heterocycles. The quantitative estimate of drug-likeness (QED) is 0.457. The van der Waals surface area contributed by atoms with Crippen LogP contribution in [-0.4, -0.2) is 0 Å². The van der Waals surface area contributed by atoms with Crippen LogP contribution in [0.1, 0.15) is 5.56 Å². The molecule has 0 saturated carbocycles. The summed E-state index contributed by atoms with van der Waals surface area (Å²) in [7, 11) is 0. The van der Waals surface area contributed by atoms with Gasteiger partial charge in [-0.1, -0.05) is 0 Å². The van der Waals surface area contributed by atoms with Gasteiger partial charge in [0.1, 0.15) is 5.82 Å². The molecule has 0 unspecified atom stereocenters. The van der Waals surface area contributed by atoms with Crippen molar-refractivity contribution in [2.24, 2.45) is 0 Å². The Morgan fingerprint density at radius 2 is 1.73 bits per heavy atom. The molecular weight excluding hydrogens is 155 g/mol. The zero-order chi connectivity index (χ0) is 8.59. The Bertz CT molecular complexity index is 270. The monoisotopic (exact) mass is 161 g/mol. The van der Waals surface area contributed by atoms with Crippen molar-refractivity contribution in [2.75, 3.05) is 5.73 Å². The van der Waals surface area contributed by atoms with E-state index >= 15 is 0 Å². The Morgan fingerprint density at radius 3 is 2.27 bits per heavy atom. The smallest absolute Gasteiger partial charge is 0.182 e. The standard InChI is InChI=1S/C7H6F3N/c1-3-4(8)2-5(11)7(10)6(3)9/h2H,11H2,1H3.